The summed E-state index contributed by atoms with van der Waals surface area (Å²) in [6.07, 6.45) is 12.5. The van der Waals surface area contributed by atoms with Gasteiger partial charge in [0.1, 0.15) is 0 Å². The van der Waals surface area contributed by atoms with E-state index in [-0.39, 0.29) is 0 Å². The first-order chi connectivity index (χ1) is 9.58. The molecule has 0 saturated carbocycles. The third-order valence-corrected chi connectivity index (χ3v) is 4.80. The molecule has 1 N–H and O–H groups in total. The molecule has 0 bridgehead atoms. The second-order valence-corrected chi connectivity index (χ2v) is 6.68. The smallest absolute Gasteiger partial charge is 0.309 e. The van der Waals surface area contributed by atoms with Crippen molar-refractivity contribution in [3.05, 3.63) is 0 Å². The van der Waals surface area contributed by atoms with Crippen molar-refractivity contribution in [2.45, 2.75) is 78.1 Å². The Kier molecular flexibility index (Phi) is 8.20. The van der Waals surface area contributed by atoms with Crippen molar-refractivity contribution >= 4 is 5.97 Å². The highest BCUT2D eigenvalue weighted by molar-refractivity contribution is 5.74. The summed E-state index contributed by atoms with van der Waals surface area (Å²) in [6.45, 7) is 7.22. The minimum atomic E-state index is -0.621. The van der Waals surface area contributed by atoms with Crippen LogP contribution in [0.3, 0.4) is 0 Å². The van der Waals surface area contributed by atoms with Crippen LogP contribution in [-0.2, 0) is 4.79 Å². The highest BCUT2D eigenvalue weighted by Crippen LogP contribution is 2.31. The van der Waals surface area contributed by atoms with Crippen molar-refractivity contribution in [1.29, 1.82) is 0 Å². The van der Waals surface area contributed by atoms with E-state index < -0.39 is 11.4 Å². The van der Waals surface area contributed by atoms with Crippen molar-refractivity contribution in [1.82, 2.24) is 4.90 Å². The average molecular weight is 283 g/mol. The fourth-order valence-electron chi connectivity index (χ4n) is 2.95. The molecule has 0 radical (unpaired) electrons. The highest BCUT2D eigenvalue weighted by atomic mass is 16.4. The summed E-state index contributed by atoms with van der Waals surface area (Å²) in [6, 6.07) is 0. The summed E-state index contributed by atoms with van der Waals surface area (Å²) in [5, 5.41) is 9.20. The van der Waals surface area contributed by atoms with Gasteiger partial charge in [-0.3, -0.25) is 4.79 Å². The quantitative estimate of drug-likeness (QED) is 0.607. The van der Waals surface area contributed by atoms with E-state index in [0.717, 1.165) is 32.5 Å². The molecule has 0 aromatic rings. The number of unbranched alkanes of at least 4 members (excludes halogenated alkanes) is 7. The Morgan fingerprint density at radius 3 is 2.00 bits per heavy atom. The van der Waals surface area contributed by atoms with Gasteiger partial charge in [0.25, 0.3) is 0 Å². The fourth-order valence-corrected chi connectivity index (χ4v) is 2.95. The molecule has 118 valence electrons. The third-order valence-electron chi connectivity index (χ3n) is 4.80. The van der Waals surface area contributed by atoms with Crippen LogP contribution in [0.1, 0.15) is 78.1 Å². The van der Waals surface area contributed by atoms with Crippen LogP contribution in [0.4, 0.5) is 0 Å². The van der Waals surface area contributed by atoms with Crippen molar-refractivity contribution < 1.29 is 9.90 Å². The molecule has 0 aromatic carbocycles. The number of likely N-dealkylation sites (tertiary alicyclic amines) is 1. The Morgan fingerprint density at radius 1 is 1.00 bits per heavy atom. The van der Waals surface area contributed by atoms with Crippen LogP contribution in [-0.4, -0.2) is 35.6 Å². The summed E-state index contributed by atoms with van der Waals surface area (Å²) < 4.78 is 0. The molecule has 0 unspecified atom stereocenters. The molecule has 3 heteroatoms. The van der Waals surface area contributed by atoms with Crippen LogP contribution in [0.5, 0.6) is 0 Å². The first-order valence-corrected chi connectivity index (χ1v) is 8.54. The molecule has 20 heavy (non-hydrogen) atoms. The van der Waals surface area contributed by atoms with Gasteiger partial charge in [0.15, 0.2) is 0 Å². The van der Waals surface area contributed by atoms with Crippen LogP contribution in [0, 0.1) is 5.41 Å². The van der Waals surface area contributed by atoms with Gasteiger partial charge in [-0.15, -0.1) is 0 Å². The number of carbonyl (C=O) groups is 1. The molecule has 0 aliphatic carbocycles. The normalized spacial score (nSPS) is 19.1. The molecule has 0 spiro atoms. The lowest BCUT2D eigenvalue weighted by molar-refractivity contribution is -0.150. The van der Waals surface area contributed by atoms with Crippen LogP contribution in [0.2, 0.25) is 0 Å². The molecule has 1 heterocycles. The highest BCUT2D eigenvalue weighted by Gasteiger charge is 2.36. The Hall–Kier alpha value is -0.570. The molecule has 1 aliphatic heterocycles. The van der Waals surface area contributed by atoms with E-state index in [0.29, 0.717) is 0 Å². The van der Waals surface area contributed by atoms with Gasteiger partial charge in [0.05, 0.1) is 5.41 Å². The van der Waals surface area contributed by atoms with Crippen molar-refractivity contribution in [2.75, 3.05) is 19.6 Å². The number of piperidine rings is 1. The van der Waals surface area contributed by atoms with Gasteiger partial charge in [-0.05, 0) is 45.8 Å². The van der Waals surface area contributed by atoms with Crippen LogP contribution < -0.4 is 0 Å². The maximum atomic E-state index is 11.2. The number of hydrogen-bond acceptors (Lipinski definition) is 2. The molecule has 0 atom stereocenters. The minimum Gasteiger partial charge on any atom is -0.481 e. The lowest BCUT2D eigenvalue weighted by atomic mass is 9.80. The van der Waals surface area contributed by atoms with Crippen LogP contribution in [0.25, 0.3) is 0 Å². The number of carboxylic acid groups (broad SMARTS) is 1. The molecule has 0 amide bonds. The summed E-state index contributed by atoms with van der Waals surface area (Å²) >= 11 is 0. The standard InChI is InChI=1S/C17H33NO2/c1-3-4-5-6-7-8-9-10-13-18-14-11-17(2,12-15-18)16(19)20/h3-15H2,1-2H3,(H,19,20). The Bertz CT molecular complexity index is 270. The van der Waals surface area contributed by atoms with E-state index in [1.807, 2.05) is 6.92 Å². The first-order valence-electron chi connectivity index (χ1n) is 8.54. The SMILES string of the molecule is CCCCCCCCCCN1CCC(C)(C(=O)O)CC1. The van der Waals surface area contributed by atoms with Crippen molar-refractivity contribution in [2.24, 2.45) is 5.41 Å². The fraction of sp³-hybridized carbons (Fsp3) is 0.941. The largest absolute Gasteiger partial charge is 0.481 e. The molecule has 1 rings (SSSR count). The predicted octanol–water partition coefficient (Wildman–Crippen LogP) is 4.31. The number of aliphatic carboxylic acids is 1. The maximum Gasteiger partial charge on any atom is 0.309 e. The number of hydrogen-bond donors (Lipinski definition) is 1. The van der Waals surface area contributed by atoms with Gasteiger partial charge >= 0.3 is 5.97 Å². The molecule has 0 aromatic heterocycles. The van der Waals surface area contributed by atoms with Crippen molar-refractivity contribution in [3.63, 3.8) is 0 Å². The zero-order chi connectivity index (χ0) is 14.8. The number of carboxylic acids is 1. The Labute approximate surface area is 124 Å². The van der Waals surface area contributed by atoms with E-state index in [9.17, 15) is 9.90 Å². The summed E-state index contributed by atoms with van der Waals surface area (Å²) in [5.74, 6) is -0.621. The lowest BCUT2D eigenvalue weighted by Crippen LogP contribution is -2.42. The first kappa shape index (κ1) is 17.5. The van der Waals surface area contributed by atoms with Gasteiger partial charge in [-0.2, -0.15) is 0 Å². The predicted molar refractivity (Wildman–Crippen MR) is 84.0 cm³/mol. The Balaban J connectivity index is 1.98. The zero-order valence-corrected chi connectivity index (χ0v) is 13.5. The van der Waals surface area contributed by atoms with Gasteiger partial charge in [-0.25, -0.2) is 0 Å². The van der Waals surface area contributed by atoms with E-state index >= 15 is 0 Å². The van der Waals surface area contributed by atoms with Gasteiger partial charge in [0.2, 0.25) is 0 Å². The summed E-state index contributed by atoms with van der Waals surface area (Å²) in [4.78, 5) is 13.6. The Morgan fingerprint density at radius 2 is 1.50 bits per heavy atom. The van der Waals surface area contributed by atoms with E-state index in [2.05, 4.69) is 11.8 Å². The van der Waals surface area contributed by atoms with Gasteiger partial charge in [-0.1, -0.05) is 51.9 Å². The summed E-state index contributed by atoms with van der Waals surface area (Å²) in [5.41, 5.74) is -0.476. The van der Waals surface area contributed by atoms with E-state index in [1.165, 1.54) is 51.4 Å². The van der Waals surface area contributed by atoms with Crippen LogP contribution in [0.15, 0.2) is 0 Å². The van der Waals surface area contributed by atoms with Gasteiger partial charge in [0, 0.05) is 0 Å². The van der Waals surface area contributed by atoms with E-state index in [4.69, 9.17) is 0 Å². The van der Waals surface area contributed by atoms with Crippen LogP contribution >= 0.6 is 0 Å². The second kappa shape index (κ2) is 9.38. The monoisotopic (exact) mass is 283 g/mol. The van der Waals surface area contributed by atoms with Gasteiger partial charge < -0.3 is 10.0 Å². The molecule has 1 aliphatic rings. The number of nitrogens with zero attached hydrogens (tertiary/aromatic N) is 1. The molecule has 1 fully saturated rings. The number of rotatable bonds is 10. The average Bonchev–Trinajstić information content (AvgIpc) is 2.44. The van der Waals surface area contributed by atoms with Crippen molar-refractivity contribution in [3.8, 4) is 0 Å². The molecular formula is C17H33NO2. The summed E-state index contributed by atoms with van der Waals surface area (Å²) in [7, 11) is 0. The molecular weight excluding hydrogens is 250 g/mol. The second-order valence-electron chi connectivity index (χ2n) is 6.68. The third kappa shape index (κ3) is 6.25. The minimum absolute atomic E-state index is 0.476. The van der Waals surface area contributed by atoms with E-state index in [1.54, 1.807) is 0 Å². The topological polar surface area (TPSA) is 40.5 Å². The molecule has 1 saturated heterocycles. The maximum absolute atomic E-state index is 11.2. The lowest BCUT2D eigenvalue weighted by Gasteiger charge is -2.36. The molecule has 3 nitrogen and oxygen atoms in total. The zero-order valence-electron chi connectivity index (χ0n) is 13.5.